The first-order chi connectivity index (χ1) is 11.5. The van der Waals surface area contributed by atoms with Gasteiger partial charge in [0.1, 0.15) is 0 Å². The first kappa shape index (κ1) is 19.2. The van der Waals surface area contributed by atoms with Gasteiger partial charge < -0.3 is 20.1 Å². The van der Waals surface area contributed by atoms with Crippen LogP contribution in [0.3, 0.4) is 0 Å². The molecular weight excluding hydrogens is 308 g/mol. The maximum atomic E-state index is 12.3. The molecule has 2 aliphatic rings. The molecule has 0 unspecified atom stereocenters. The highest BCUT2D eigenvalue weighted by molar-refractivity contribution is 5.78. The maximum Gasteiger partial charge on any atom is 0.223 e. The molecule has 0 aromatic heterocycles. The predicted molar refractivity (Wildman–Crippen MR) is 91.6 cm³/mol. The van der Waals surface area contributed by atoms with Crippen LogP contribution in [0.2, 0.25) is 0 Å². The molecule has 6 heteroatoms. The Bertz CT molecular complexity index is 417. The number of rotatable bonds is 9. The fraction of sp³-hybridized carbons (Fsp3) is 0.889. The number of hydrogen-bond acceptors (Lipinski definition) is 4. The van der Waals surface area contributed by atoms with Gasteiger partial charge in [-0.05, 0) is 39.0 Å². The number of ether oxygens (including phenoxy) is 2. The third kappa shape index (κ3) is 6.40. The summed E-state index contributed by atoms with van der Waals surface area (Å²) < 4.78 is 11.0. The van der Waals surface area contributed by atoms with Gasteiger partial charge in [0.25, 0.3) is 0 Å². The molecule has 0 aromatic rings. The van der Waals surface area contributed by atoms with Gasteiger partial charge in [-0.25, -0.2) is 0 Å². The Labute approximate surface area is 145 Å². The van der Waals surface area contributed by atoms with E-state index in [1.54, 1.807) is 0 Å². The molecule has 6 nitrogen and oxygen atoms in total. The lowest BCUT2D eigenvalue weighted by Crippen LogP contribution is -2.54. The van der Waals surface area contributed by atoms with Gasteiger partial charge in [-0.3, -0.25) is 9.59 Å². The zero-order chi connectivity index (χ0) is 17.4. The van der Waals surface area contributed by atoms with E-state index < -0.39 is 5.54 Å². The Morgan fingerprint density at radius 3 is 2.12 bits per heavy atom. The van der Waals surface area contributed by atoms with Crippen LogP contribution in [0.4, 0.5) is 0 Å². The van der Waals surface area contributed by atoms with Crippen molar-refractivity contribution in [2.45, 2.75) is 83.0 Å². The summed E-state index contributed by atoms with van der Waals surface area (Å²) >= 11 is 0. The first-order valence-electron chi connectivity index (χ1n) is 9.31. The maximum absolute atomic E-state index is 12.3. The minimum atomic E-state index is -0.420. The summed E-state index contributed by atoms with van der Waals surface area (Å²) in [6.07, 6.45) is 6.65. The molecule has 0 bridgehead atoms. The molecular formula is C18H32N2O4. The first-order valence-corrected chi connectivity index (χ1v) is 9.31. The molecule has 2 rings (SSSR count). The van der Waals surface area contributed by atoms with Crippen LogP contribution in [0.15, 0.2) is 0 Å². The monoisotopic (exact) mass is 340 g/mol. The summed E-state index contributed by atoms with van der Waals surface area (Å²) in [5.74, 6) is 0.00354. The van der Waals surface area contributed by atoms with E-state index in [-0.39, 0.29) is 24.0 Å². The molecule has 2 amide bonds. The highest BCUT2D eigenvalue weighted by atomic mass is 16.5. The molecule has 0 saturated carbocycles. The highest BCUT2D eigenvalue weighted by Gasteiger charge is 2.29. The fourth-order valence-electron chi connectivity index (χ4n) is 3.52. The molecule has 3 atom stereocenters. The molecule has 24 heavy (non-hydrogen) atoms. The second kappa shape index (κ2) is 9.37. The van der Waals surface area contributed by atoms with E-state index >= 15 is 0 Å². The summed E-state index contributed by atoms with van der Waals surface area (Å²) in [6.45, 7) is 6.03. The van der Waals surface area contributed by atoms with Gasteiger partial charge in [-0.15, -0.1) is 0 Å². The number of hydrogen-bond donors (Lipinski definition) is 2. The largest absolute Gasteiger partial charge is 0.378 e. The summed E-state index contributed by atoms with van der Waals surface area (Å²) in [6, 6.07) is 0. The molecule has 0 spiro atoms. The molecule has 0 aliphatic carbocycles. The Kier molecular flexibility index (Phi) is 7.49. The quantitative estimate of drug-likeness (QED) is 0.672. The minimum Gasteiger partial charge on any atom is -0.378 e. The van der Waals surface area contributed by atoms with E-state index in [2.05, 4.69) is 17.6 Å². The SMILES string of the molecule is CCC[C@](C)(CNC(=O)C[C@H]1CCCO1)NC(=O)C[C@H]1CCCO1. The second-order valence-corrected chi connectivity index (χ2v) is 7.31. The van der Waals surface area contributed by atoms with Gasteiger partial charge in [0.2, 0.25) is 11.8 Å². The Hall–Kier alpha value is -1.14. The van der Waals surface area contributed by atoms with E-state index in [0.29, 0.717) is 19.4 Å². The van der Waals surface area contributed by atoms with Crippen LogP contribution in [0.25, 0.3) is 0 Å². The van der Waals surface area contributed by atoms with Crippen molar-refractivity contribution in [3.8, 4) is 0 Å². The van der Waals surface area contributed by atoms with E-state index in [9.17, 15) is 9.59 Å². The molecule has 0 radical (unpaired) electrons. The van der Waals surface area contributed by atoms with Crippen LogP contribution in [-0.4, -0.2) is 49.3 Å². The van der Waals surface area contributed by atoms with Gasteiger partial charge in [0.05, 0.1) is 30.6 Å². The van der Waals surface area contributed by atoms with Gasteiger partial charge in [0.15, 0.2) is 0 Å². The Balaban J connectivity index is 1.76. The van der Waals surface area contributed by atoms with Gasteiger partial charge in [-0.2, -0.15) is 0 Å². The van der Waals surface area contributed by atoms with Crippen molar-refractivity contribution in [1.82, 2.24) is 10.6 Å². The van der Waals surface area contributed by atoms with Crippen molar-refractivity contribution in [1.29, 1.82) is 0 Å². The lowest BCUT2D eigenvalue weighted by Gasteiger charge is -2.31. The van der Waals surface area contributed by atoms with Crippen molar-refractivity contribution < 1.29 is 19.1 Å². The van der Waals surface area contributed by atoms with Crippen LogP contribution >= 0.6 is 0 Å². The van der Waals surface area contributed by atoms with E-state index in [0.717, 1.165) is 51.7 Å². The predicted octanol–water partition coefficient (Wildman–Crippen LogP) is 1.92. The van der Waals surface area contributed by atoms with Crippen molar-refractivity contribution in [2.75, 3.05) is 19.8 Å². The average Bonchev–Trinajstić information content (AvgIpc) is 3.19. The lowest BCUT2D eigenvalue weighted by molar-refractivity contribution is -0.127. The number of nitrogens with one attached hydrogen (secondary N) is 2. The van der Waals surface area contributed by atoms with Gasteiger partial charge >= 0.3 is 0 Å². The van der Waals surface area contributed by atoms with Crippen LogP contribution < -0.4 is 10.6 Å². The molecule has 2 saturated heterocycles. The van der Waals surface area contributed by atoms with Crippen molar-refractivity contribution in [2.24, 2.45) is 0 Å². The third-order valence-electron chi connectivity index (χ3n) is 4.79. The van der Waals surface area contributed by atoms with Crippen molar-refractivity contribution in [3.63, 3.8) is 0 Å². The number of carbonyl (C=O) groups is 2. The molecule has 2 fully saturated rings. The zero-order valence-electron chi connectivity index (χ0n) is 15.1. The molecule has 0 aromatic carbocycles. The smallest absolute Gasteiger partial charge is 0.223 e. The van der Waals surface area contributed by atoms with Crippen molar-refractivity contribution in [3.05, 3.63) is 0 Å². The standard InChI is InChI=1S/C18H32N2O4/c1-3-8-18(2,20-17(22)12-15-7-5-10-24-15)13-19-16(21)11-14-6-4-9-23-14/h14-15H,3-13H2,1-2H3,(H,19,21)(H,20,22)/t14-,15-,18-/m1/s1. The van der Waals surface area contributed by atoms with Crippen LogP contribution in [0.5, 0.6) is 0 Å². The topological polar surface area (TPSA) is 76.7 Å². The molecule has 2 heterocycles. The molecule has 138 valence electrons. The fourth-order valence-corrected chi connectivity index (χ4v) is 3.52. The molecule has 2 N–H and O–H groups in total. The zero-order valence-corrected chi connectivity index (χ0v) is 15.1. The summed E-state index contributed by atoms with van der Waals surface area (Å²) in [5, 5.41) is 6.07. The molecule has 2 aliphatic heterocycles. The second-order valence-electron chi connectivity index (χ2n) is 7.31. The lowest BCUT2D eigenvalue weighted by atomic mass is 9.95. The summed E-state index contributed by atoms with van der Waals surface area (Å²) in [5.41, 5.74) is -0.420. The van der Waals surface area contributed by atoms with E-state index in [4.69, 9.17) is 9.47 Å². The van der Waals surface area contributed by atoms with Crippen LogP contribution in [-0.2, 0) is 19.1 Å². The van der Waals surface area contributed by atoms with E-state index in [1.165, 1.54) is 0 Å². The average molecular weight is 340 g/mol. The minimum absolute atomic E-state index is 0.00222. The number of amides is 2. The van der Waals surface area contributed by atoms with Gasteiger partial charge in [0, 0.05) is 19.8 Å². The Morgan fingerprint density at radius 1 is 1.04 bits per heavy atom. The van der Waals surface area contributed by atoms with Gasteiger partial charge in [-0.1, -0.05) is 13.3 Å². The summed E-state index contributed by atoms with van der Waals surface area (Å²) in [4.78, 5) is 24.4. The number of carbonyl (C=O) groups excluding carboxylic acids is 2. The van der Waals surface area contributed by atoms with E-state index in [1.807, 2.05) is 6.92 Å². The third-order valence-corrected chi connectivity index (χ3v) is 4.79. The van der Waals surface area contributed by atoms with Crippen LogP contribution in [0, 0.1) is 0 Å². The summed E-state index contributed by atoms with van der Waals surface area (Å²) in [7, 11) is 0. The Morgan fingerprint density at radius 2 is 1.62 bits per heavy atom. The van der Waals surface area contributed by atoms with Crippen LogP contribution in [0.1, 0.15) is 65.2 Å². The van der Waals surface area contributed by atoms with Crippen molar-refractivity contribution >= 4 is 11.8 Å². The highest BCUT2D eigenvalue weighted by Crippen LogP contribution is 2.18. The normalized spacial score (nSPS) is 26.1.